The van der Waals surface area contributed by atoms with Gasteiger partial charge in [0.15, 0.2) is 0 Å². The minimum atomic E-state index is 0.330. The van der Waals surface area contributed by atoms with Crippen molar-refractivity contribution in [2.24, 2.45) is 0 Å². The first-order chi connectivity index (χ1) is 9.04. The minimum Gasteiger partial charge on any atom is -0.381 e. The van der Waals surface area contributed by atoms with Gasteiger partial charge in [-0.05, 0) is 65.2 Å². The van der Waals surface area contributed by atoms with Crippen LogP contribution in [0.2, 0.25) is 5.02 Å². The van der Waals surface area contributed by atoms with Crippen molar-refractivity contribution in [3.63, 3.8) is 0 Å². The van der Waals surface area contributed by atoms with Crippen LogP contribution in [0.3, 0.4) is 0 Å². The molecule has 0 spiro atoms. The summed E-state index contributed by atoms with van der Waals surface area (Å²) in [6.45, 7) is 2.16. The first kappa shape index (κ1) is 14.9. The summed E-state index contributed by atoms with van der Waals surface area (Å²) in [7, 11) is 0. The summed E-state index contributed by atoms with van der Waals surface area (Å²) in [5.41, 5.74) is 2.33. The number of benzene rings is 2. The highest BCUT2D eigenvalue weighted by Gasteiger charge is 2.07. The Morgan fingerprint density at radius 1 is 1.11 bits per heavy atom. The molecule has 0 aliphatic carbocycles. The van der Waals surface area contributed by atoms with Gasteiger partial charge in [-0.25, -0.2) is 0 Å². The molecule has 0 amide bonds. The minimum absolute atomic E-state index is 0.330. The van der Waals surface area contributed by atoms with Crippen LogP contribution >= 0.6 is 43.5 Å². The summed E-state index contributed by atoms with van der Waals surface area (Å²) >= 11 is 13.0. The summed E-state index contributed by atoms with van der Waals surface area (Å²) in [6, 6.07) is 14.5. The van der Waals surface area contributed by atoms with E-state index in [4.69, 9.17) is 11.6 Å². The maximum Gasteiger partial charge on any atom is 0.0501 e. The van der Waals surface area contributed by atoms with Gasteiger partial charge < -0.3 is 5.32 Å². The van der Waals surface area contributed by atoms with Crippen LogP contribution in [0, 0.1) is 0 Å². The van der Waals surface area contributed by atoms with Gasteiger partial charge in [0.25, 0.3) is 0 Å². The number of nitrogens with one attached hydrogen (secondary N) is 1. The first-order valence-electron chi connectivity index (χ1n) is 6.00. The molecule has 0 saturated carbocycles. The zero-order valence-corrected chi connectivity index (χ0v) is 14.4. The van der Waals surface area contributed by atoms with E-state index in [1.165, 1.54) is 5.56 Å². The van der Waals surface area contributed by atoms with E-state index in [2.05, 4.69) is 68.4 Å². The molecule has 19 heavy (non-hydrogen) atoms. The van der Waals surface area contributed by atoms with Crippen molar-refractivity contribution in [2.45, 2.75) is 19.4 Å². The molecule has 2 rings (SSSR count). The topological polar surface area (TPSA) is 12.0 Å². The van der Waals surface area contributed by atoms with E-state index >= 15 is 0 Å². The molecule has 0 bridgehead atoms. The summed E-state index contributed by atoms with van der Waals surface area (Å²) in [6.07, 6.45) is 0.965. The Bertz CT molecular complexity index is 555. The molecule has 2 aromatic rings. The SMILES string of the molecule is CC(Cc1ccc(Br)cc1)Nc1cc(Cl)ccc1Br. The summed E-state index contributed by atoms with van der Waals surface area (Å²) in [4.78, 5) is 0. The molecule has 0 aliphatic heterocycles. The van der Waals surface area contributed by atoms with Gasteiger partial charge in [-0.15, -0.1) is 0 Å². The van der Waals surface area contributed by atoms with Crippen LogP contribution < -0.4 is 5.32 Å². The van der Waals surface area contributed by atoms with Crippen LogP contribution in [-0.2, 0) is 6.42 Å². The quantitative estimate of drug-likeness (QED) is 0.669. The van der Waals surface area contributed by atoms with Crippen LogP contribution in [0.5, 0.6) is 0 Å². The Morgan fingerprint density at radius 3 is 2.47 bits per heavy atom. The van der Waals surface area contributed by atoms with Gasteiger partial charge in [0, 0.05) is 20.0 Å². The molecule has 1 unspecified atom stereocenters. The summed E-state index contributed by atoms with van der Waals surface area (Å²) < 4.78 is 2.13. The van der Waals surface area contributed by atoms with E-state index in [0.717, 1.165) is 26.1 Å². The monoisotopic (exact) mass is 401 g/mol. The molecule has 2 aromatic carbocycles. The highest BCUT2D eigenvalue weighted by molar-refractivity contribution is 9.10. The van der Waals surface area contributed by atoms with Crippen molar-refractivity contribution in [1.82, 2.24) is 0 Å². The lowest BCUT2D eigenvalue weighted by molar-refractivity contribution is 0.789. The number of hydrogen-bond donors (Lipinski definition) is 1. The lowest BCUT2D eigenvalue weighted by Crippen LogP contribution is -2.18. The second-order valence-electron chi connectivity index (χ2n) is 4.50. The molecule has 100 valence electrons. The summed E-state index contributed by atoms with van der Waals surface area (Å²) in [5.74, 6) is 0. The van der Waals surface area contributed by atoms with Crippen molar-refractivity contribution >= 4 is 49.1 Å². The zero-order valence-electron chi connectivity index (χ0n) is 10.5. The maximum atomic E-state index is 6.01. The molecule has 1 atom stereocenters. The second-order valence-corrected chi connectivity index (χ2v) is 6.71. The lowest BCUT2D eigenvalue weighted by atomic mass is 10.1. The van der Waals surface area contributed by atoms with Gasteiger partial charge in [0.2, 0.25) is 0 Å². The van der Waals surface area contributed by atoms with Crippen molar-refractivity contribution < 1.29 is 0 Å². The van der Waals surface area contributed by atoms with E-state index in [9.17, 15) is 0 Å². The number of halogens is 3. The Labute approximate surface area is 135 Å². The predicted octanol–water partition coefficient (Wildman–Crippen LogP) is 5.91. The van der Waals surface area contributed by atoms with E-state index in [1.807, 2.05) is 18.2 Å². The van der Waals surface area contributed by atoms with E-state index in [0.29, 0.717) is 6.04 Å². The standard InChI is InChI=1S/C15H14Br2ClN/c1-10(8-11-2-4-12(16)5-3-11)19-15-9-13(18)6-7-14(15)17/h2-7,9-10,19H,8H2,1H3. The van der Waals surface area contributed by atoms with Crippen molar-refractivity contribution in [2.75, 3.05) is 5.32 Å². The van der Waals surface area contributed by atoms with Crippen LogP contribution in [0.1, 0.15) is 12.5 Å². The predicted molar refractivity (Wildman–Crippen MR) is 90.1 cm³/mol. The fraction of sp³-hybridized carbons (Fsp3) is 0.200. The third-order valence-corrected chi connectivity index (χ3v) is 4.24. The fourth-order valence-corrected chi connectivity index (χ4v) is 2.70. The van der Waals surface area contributed by atoms with Crippen LogP contribution in [0.25, 0.3) is 0 Å². The highest BCUT2D eigenvalue weighted by atomic mass is 79.9. The Hall–Kier alpha value is -0.510. The van der Waals surface area contributed by atoms with E-state index in [-0.39, 0.29) is 0 Å². The van der Waals surface area contributed by atoms with Crippen molar-refractivity contribution in [1.29, 1.82) is 0 Å². The average molecular weight is 404 g/mol. The van der Waals surface area contributed by atoms with E-state index in [1.54, 1.807) is 0 Å². The third-order valence-electron chi connectivity index (χ3n) is 2.79. The largest absolute Gasteiger partial charge is 0.381 e. The molecule has 0 aromatic heterocycles. The average Bonchev–Trinajstić information content (AvgIpc) is 2.37. The normalized spacial score (nSPS) is 12.2. The van der Waals surface area contributed by atoms with Crippen molar-refractivity contribution in [3.8, 4) is 0 Å². The Balaban J connectivity index is 2.02. The highest BCUT2D eigenvalue weighted by Crippen LogP contribution is 2.27. The van der Waals surface area contributed by atoms with Gasteiger partial charge in [-0.2, -0.15) is 0 Å². The first-order valence-corrected chi connectivity index (χ1v) is 7.97. The van der Waals surface area contributed by atoms with Gasteiger partial charge in [0.1, 0.15) is 0 Å². The van der Waals surface area contributed by atoms with Crippen LogP contribution in [-0.4, -0.2) is 6.04 Å². The van der Waals surface area contributed by atoms with Gasteiger partial charge in [-0.3, -0.25) is 0 Å². The smallest absolute Gasteiger partial charge is 0.0501 e. The molecule has 1 N–H and O–H groups in total. The molecule has 0 aliphatic rings. The molecule has 0 saturated heterocycles. The molecule has 0 heterocycles. The van der Waals surface area contributed by atoms with Gasteiger partial charge >= 0.3 is 0 Å². The second kappa shape index (κ2) is 6.78. The number of rotatable bonds is 4. The lowest BCUT2D eigenvalue weighted by Gasteiger charge is -2.17. The summed E-state index contributed by atoms with van der Waals surface area (Å²) in [5, 5.41) is 4.21. The molecular formula is C15H14Br2ClN. The van der Waals surface area contributed by atoms with Gasteiger partial charge in [-0.1, -0.05) is 39.7 Å². The Morgan fingerprint density at radius 2 is 1.79 bits per heavy atom. The maximum absolute atomic E-state index is 6.01. The number of hydrogen-bond acceptors (Lipinski definition) is 1. The molecule has 0 fully saturated rings. The van der Waals surface area contributed by atoms with Gasteiger partial charge in [0.05, 0.1) is 5.69 Å². The number of anilines is 1. The molecular weight excluding hydrogens is 389 g/mol. The molecule has 1 nitrogen and oxygen atoms in total. The zero-order chi connectivity index (χ0) is 13.8. The fourth-order valence-electron chi connectivity index (χ4n) is 1.90. The van der Waals surface area contributed by atoms with Crippen LogP contribution in [0.15, 0.2) is 51.4 Å². The van der Waals surface area contributed by atoms with Crippen LogP contribution in [0.4, 0.5) is 5.69 Å². The van der Waals surface area contributed by atoms with Crippen molar-refractivity contribution in [3.05, 3.63) is 62.0 Å². The van der Waals surface area contributed by atoms with E-state index < -0.39 is 0 Å². The third kappa shape index (κ3) is 4.51. The molecule has 4 heteroatoms. The Kier molecular flexibility index (Phi) is 5.31. The molecule has 0 radical (unpaired) electrons.